The van der Waals surface area contributed by atoms with Crippen molar-refractivity contribution in [3.63, 3.8) is 0 Å². The highest BCUT2D eigenvalue weighted by atomic mass is 16.5. The molecular formula is C26H28N6O2. The molecule has 0 unspecified atom stereocenters. The van der Waals surface area contributed by atoms with Gasteiger partial charge in [0.1, 0.15) is 6.04 Å². The van der Waals surface area contributed by atoms with E-state index < -0.39 is 6.04 Å². The molecule has 2 aromatic carbocycles. The maximum absolute atomic E-state index is 13.6. The Morgan fingerprint density at radius 3 is 2.94 bits per heavy atom. The van der Waals surface area contributed by atoms with Gasteiger partial charge in [0, 0.05) is 24.4 Å². The molecule has 0 radical (unpaired) electrons. The summed E-state index contributed by atoms with van der Waals surface area (Å²) in [6, 6.07) is 14.1. The minimum Gasteiger partial charge on any atom is -0.376 e. The molecule has 6 rings (SSSR count). The molecule has 0 amide bonds. The Morgan fingerprint density at radius 1 is 1.21 bits per heavy atom. The molecule has 8 heteroatoms. The van der Waals surface area contributed by atoms with Crippen molar-refractivity contribution in [3.05, 3.63) is 80.9 Å². The summed E-state index contributed by atoms with van der Waals surface area (Å²) in [7, 11) is 0. The van der Waals surface area contributed by atoms with Gasteiger partial charge >= 0.3 is 0 Å². The van der Waals surface area contributed by atoms with Gasteiger partial charge in [0.25, 0.3) is 5.56 Å². The molecule has 0 spiro atoms. The van der Waals surface area contributed by atoms with Crippen molar-refractivity contribution < 1.29 is 4.74 Å². The van der Waals surface area contributed by atoms with Gasteiger partial charge < -0.3 is 14.6 Å². The number of benzene rings is 2. The number of pyridine rings is 1. The molecule has 2 aliphatic rings. The molecule has 0 bridgehead atoms. The van der Waals surface area contributed by atoms with E-state index in [2.05, 4.69) is 62.7 Å². The number of rotatable bonds is 5. The quantitative estimate of drug-likeness (QED) is 0.495. The predicted octanol–water partition coefficient (Wildman–Crippen LogP) is 3.46. The molecule has 0 saturated carbocycles. The largest absolute Gasteiger partial charge is 0.376 e. The standard InChI is InChI=1S/C26H28N6O2/c1-16-9-10-19-14-21(26(33)27-23(19)17(16)2)24(31-12-11-18-6-3-4-8-22(18)31)25-28-29-30-32(25)15-20-7-5-13-34-20/h3-4,6,8-10,14,20,24H,5,7,11-13,15H2,1-2H3,(H,27,33)/t20-,24-/m1/s1. The lowest BCUT2D eigenvalue weighted by Crippen LogP contribution is -2.35. The number of ether oxygens (including phenoxy) is 1. The molecule has 2 aliphatic heterocycles. The number of aromatic amines is 1. The van der Waals surface area contributed by atoms with Crippen LogP contribution in [-0.2, 0) is 17.7 Å². The number of anilines is 1. The Balaban J connectivity index is 1.52. The van der Waals surface area contributed by atoms with Crippen LogP contribution in [-0.4, -0.2) is 44.4 Å². The van der Waals surface area contributed by atoms with Crippen molar-refractivity contribution in [3.8, 4) is 0 Å². The highest BCUT2D eigenvalue weighted by molar-refractivity contribution is 5.83. The predicted molar refractivity (Wildman–Crippen MR) is 130 cm³/mol. The molecule has 0 aliphatic carbocycles. The van der Waals surface area contributed by atoms with E-state index in [4.69, 9.17) is 4.74 Å². The van der Waals surface area contributed by atoms with Crippen LogP contribution in [0.1, 0.15) is 47.0 Å². The summed E-state index contributed by atoms with van der Waals surface area (Å²) in [5, 5.41) is 13.8. The minimum absolute atomic E-state index is 0.0919. The molecule has 8 nitrogen and oxygen atoms in total. The highest BCUT2D eigenvalue weighted by Crippen LogP contribution is 2.37. The van der Waals surface area contributed by atoms with E-state index in [0.29, 0.717) is 17.9 Å². The van der Waals surface area contributed by atoms with Gasteiger partial charge in [-0.05, 0) is 77.7 Å². The Kier molecular flexibility index (Phi) is 5.17. The summed E-state index contributed by atoms with van der Waals surface area (Å²) in [4.78, 5) is 19.0. The summed E-state index contributed by atoms with van der Waals surface area (Å²) >= 11 is 0. The van der Waals surface area contributed by atoms with Crippen LogP contribution in [0.25, 0.3) is 10.9 Å². The van der Waals surface area contributed by atoms with Crippen LogP contribution >= 0.6 is 0 Å². The fraction of sp³-hybridized carbons (Fsp3) is 0.385. The fourth-order valence-electron chi connectivity index (χ4n) is 5.34. The summed E-state index contributed by atoms with van der Waals surface area (Å²) in [6.45, 7) is 6.25. The number of aryl methyl sites for hydroxylation is 2. The monoisotopic (exact) mass is 456 g/mol. The van der Waals surface area contributed by atoms with Gasteiger partial charge in [-0.2, -0.15) is 0 Å². The second-order valence-electron chi connectivity index (χ2n) is 9.35. The van der Waals surface area contributed by atoms with Gasteiger partial charge in [-0.3, -0.25) is 4.79 Å². The first kappa shape index (κ1) is 21.0. The zero-order valence-electron chi connectivity index (χ0n) is 19.5. The zero-order chi connectivity index (χ0) is 23.2. The van der Waals surface area contributed by atoms with Crippen LogP contribution in [0.15, 0.2) is 47.3 Å². The Labute approximate surface area is 197 Å². The molecule has 4 heterocycles. The van der Waals surface area contributed by atoms with E-state index in [1.807, 2.05) is 23.7 Å². The SMILES string of the molecule is Cc1ccc2cc([C@H](c3nnnn3C[C@H]3CCCO3)N3CCc4ccccc43)c(=O)[nH]c2c1C. The number of nitrogens with zero attached hydrogens (tertiary/aromatic N) is 5. The third-order valence-electron chi connectivity index (χ3n) is 7.31. The van der Waals surface area contributed by atoms with Crippen molar-refractivity contribution in [1.82, 2.24) is 25.2 Å². The number of hydrogen-bond donors (Lipinski definition) is 1. The third-order valence-corrected chi connectivity index (χ3v) is 7.31. The van der Waals surface area contributed by atoms with Crippen molar-refractivity contribution in [2.45, 2.75) is 51.8 Å². The molecule has 1 N–H and O–H groups in total. The van der Waals surface area contributed by atoms with Gasteiger partial charge in [-0.15, -0.1) is 5.10 Å². The maximum atomic E-state index is 13.6. The van der Waals surface area contributed by atoms with Crippen molar-refractivity contribution in [2.24, 2.45) is 0 Å². The molecule has 1 saturated heterocycles. The van der Waals surface area contributed by atoms with E-state index in [-0.39, 0.29) is 11.7 Å². The number of fused-ring (bicyclic) bond motifs is 2. The summed E-state index contributed by atoms with van der Waals surface area (Å²) < 4.78 is 7.68. The van der Waals surface area contributed by atoms with Gasteiger partial charge in [-0.25, -0.2) is 4.68 Å². The molecule has 2 atom stereocenters. The van der Waals surface area contributed by atoms with E-state index in [9.17, 15) is 4.79 Å². The lowest BCUT2D eigenvalue weighted by Gasteiger charge is -2.30. The summed E-state index contributed by atoms with van der Waals surface area (Å²) in [6.07, 6.45) is 3.05. The van der Waals surface area contributed by atoms with Gasteiger partial charge in [0.05, 0.1) is 18.2 Å². The van der Waals surface area contributed by atoms with Gasteiger partial charge in [0.2, 0.25) is 0 Å². The van der Waals surface area contributed by atoms with Crippen LogP contribution in [0.2, 0.25) is 0 Å². The first-order chi connectivity index (χ1) is 16.6. The zero-order valence-corrected chi connectivity index (χ0v) is 19.5. The van der Waals surface area contributed by atoms with E-state index in [1.54, 1.807) is 0 Å². The van der Waals surface area contributed by atoms with Gasteiger partial charge in [0.15, 0.2) is 5.82 Å². The number of hydrogen-bond acceptors (Lipinski definition) is 6. The van der Waals surface area contributed by atoms with Crippen molar-refractivity contribution >= 4 is 16.6 Å². The lowest BCUT2D eigenvalue weighted by molar-refractivity contribution is 0.0924. The van der Waals surface area contributed by atoms with Crippen LogP contribution < -0.4 is 10.5 Å². The molecule has 4 aromatic rings. The van der Waals surface area contributed by atoms with Gasteiger partial charge in [-0.1, -0.05) is 30.3 Å². The molecular weight excluding hydrogens is 428 g/mol. The number of tetrazole rings is 1. The normalized spacial score (nSPS) is 18.5. The fourth-order valence-corrected chi connectivity index (χ4v) is 5.34. The number of nitrogens with one attached hydrogen (secondary N) is 1. The molecule has 1 fully saturated rings. The topological polar surface area (TPSA) is 88.9 Å². The van der Waals surface area contributed by atoms with Crippen molar-refractivity contribution in [1.29, 1.82) is 0 Å². The Bertz CT molecular complexity index is 1420. The molecule has 34 heavy (non-hydrogen) atoms. The summed E-state index contributed by atoms with van der Waals surface area (Å²) in [5.74, 6) is 0.667. The highest BCUT2D eigenvalue weighted by Gasteiger charge is 2.35. The van der Waals surface area contributed by atoms with Crippen LogP contribution in [0.4, 0.5) is 5.69 Å². The average molecular weight is 457 g/mol. The van der Waals surface area contributed by atoms with E-state index in [0.717, 1.165) is 60.1 Å². The van der Waals surface area contributed by atoms with Crippen molar-refractivity contribution in [2.75, 3.05) is 18.1 Å². The van der Waals surface area contributed by atoms with E-state index in [1.165, 1.54) is 5.56 Å². The van der Waals surface area contributed by atoms with Crippen LogP contribution in [0.5, 0.6) is 0 Å². The Morgan fingerprint density at radius 2 is 2.09 bits per heavy atom. The minimum atomic E-state index is -0.408. The number of aromatic nitrogens is 5. The number of para-hydroxylation sites is 1. The smallest absolute Gasteiger partial charge is 0.254 e. The second-order valence-corrected chi connectivity index (χ2v) is 9.35. The number of H-pyrrole nitrogens is 1. The Hall–Kier alpha value is -3.52. The van der Waals surface area contributed by atoms with Crippen LogP contribution in [0.3, 0.4) is 0 Å². The summed E-state index contributed by atoms with van der Waals surface area (Å²) in [5.41, 5.74) is 6.06. The molecule has 174 valence electrons. The first-order valence-corrected chi connectivity index (χ1v) is 12.0. The first-order valence-electron chi connectivity index (χ1n) is 12.0. The second kappa shape index (κ2) is 8.36. The lowest BCUT2D eigenvalue weighted by atomic mass is 10.00. The van der Waals surface area contributed by atoms with E-state index >= 15 is 0 Å². The van der Waals surface area contributed by atoms with Crippen LogP contribution in [0, 0.1) is 13.8 Å². The average Bonchev–Trinajstić information content (AvgIpc) is 3.61. The maximum Gasteiger partial charge on any atom is 0.254 e. The third kappa shape index (κ3) is 3.49. The molecule has 2 aromatic heterocycles.